The third kappa shape index (κ3) is 14.5. The quantitative estimate of drug-likeness (QED) is 0.604. The van der Waals surface area contributed by atoms with Crippen LogP contribution in [0, 0.1) is 0 Å². The van der Waals surface area contributed by atoms with E-state index < -0.39 is 20.2 Å². The lowest BCUT2D eigenvalue weighted by atomic mass is 10.2. The van der Waals surface area contributed by atoms with Crippen molar-refractivity contribution in [1.82, 2.24) is 5.32 Å². The normalized spacial score (nSPS) is 14.0. The Kier molecular flexibility index (Phi) is 10.1. The van der Waals surface area contributed by atoms with Gasteiger partial charge in [0, 0.05) is 37.9 Å². The van der Waals surface area contributed by atoms with Crippen LogP contribution in [0.2, 0.25) is 0 Å². The van der Waals surface area contributed by atoms with Gasteiger partial charge in [-0.15, -0.1) is 0 Å². The second kappa shape index (κ2) is 11.7. The molecule has 1 fully saturated rings. The summed E-state index contributed by atoms with van der Waals surface area (Å²) in [6.07, 6.45) is 1.43. The van der Waals surface area contributed by atoms with E-state index in [0.29, 0.717) is 12.5 Å². The van der Waals surface area contributed by atoms with E-state index in [1.807, 2.05) is 36.4 Å². The fourth-order valence-electron chi connectivity index (χ4n) is 2.29. The van der Waals surface area contributed by atoms with Gasteiger partial charge in [-0.25, -0.2) is 0 Å². The molecule has 162 valence electrons. The van der Waals surface area contributed by atoms with Crippen LogP contribution in [0.15, 0.2) is 54.6 Å². The van der Waals surface area contributed by atoms with Crippen LogP contribution in [0.4, 0.5) is 5.69 Å². The number of anilines is 1. The predicted molar refractivity (Wildman–Crippen MR) is 113 cm³/mol. The van der Waals surface area contributed by atoms with E-state index >= 15 is 0 Å². The summed E-state index contributed by atoms with van der Waals surface area (Å²) in [7, 11) is -7.33. The first kappa shape index (κ1) is 24.9. The first-order valence-corrected chi connectivity index (χ1v) is 12.2. The maximum atomic E-state index is 9.19. The summed E-state index contributed by atoms with van der Waals surface area (Å²) in [4.78, 5) is 2.38. The largest absolute Gasteiger partial charge is 0.457 e. The Hall–Kier alpha value is -2.18. The van der Waals surface area contributed by atoms with Crippen LogP contribution in [-0.4, -0.2) is 64.6 Å². The van der Waals surface area contributed by atoms with Crippen molar-refractivity contribution in [3.8, 4) is 11.5 Å². The van der Waals surface area contributed by atoms with E-state index in [0.717, 1.165) is 37.7 Å². The number of benzene rings is 2. The lowest BCUT2D eigenvalue weighted by Crippen LogP contribution is -2.43. The van der Waals surface area contributed by atoms with Crippen molar-refractivity contribution in [2.45, 2.75) is 0 Å². The number of nitrogens with one attached hydrogen (secondary N) is 1. The molecule has 0 radical (unpaired) electrons. The number of rotatable bonds is 3. The zero-order chi connectivity index (χ0) is 21.9. The second-order valence-corrected chi connectivity index (χ2v) is 9.05. The summed E-state index contributed by atoms with van der Waals surface area (Å²) in [6.45, 7) is 4.19. The molecule has 9 nitrogen and oxygen atoms in total. The Labute approximate surface area is 171 Å². The molecule has 1 saturated heterocycles. The van der Waals surface area contributed by atoms with Crippen molar-refractivity contribution < 1.29 is 30.7 Å². The first-order chi connectivity index (χ1) is 13.4. The van der Waals surface area contributed by atoms with Gasteiger partial charge in [-0.2, -0.15) is 16.8 Å². The molecule has 0 unspecified atom stereocenters. The number of ether oxygens (including phenoxy) is 1. The van der Waals surface area contributed by atoms with Crippen molar-refractivity contribution in [2.24, 2.45) is 0 Å². The Balaban J connectivity index is 0.000000353. The maximum absolute atomic E-state index is 9.19. The lowest BCUT2D eigenvalue weighted by molar-refractivity contribution is 0.482. The molecule has 0 saturated carbocycles. The third-order valence-electron chi connectivity index (χ3n) is 3.28. The van der Waals surface area contributed by atoms with Crippen LogP contribution < -0.4 is 15.0 Å². The summed E-state index contributed by atoms with van der Waals surface area (Å²) < 4.78 is 57.6. The SMILES string of the molecule is CS(=O)(=O)O.CS(=O)(=O)O.c1ccc(Oc2cccc(N3CCNCC3)c2)cc1. The van der Waals surface area contributed by atoms with Crippen molar-refractivity contribution in [3.05, 3.63) is 54.6 Å². The molecule has 1 heterocycles. The molecule has 11 heteroatoms. The molecule has 29 heavy (non-hydrogen) atoms. The number of hydrogen-bond acceptors (Lipinski definition) is 7. The van der Waals surface area contributed by atoms with Gasteiger partial charge in [-0.3, -0.25) is 9.11 Å². The fraction of sp³-hybridized carbons (Fsp3) is 0.333. The summed E-state index contributed by atoms with van der Waals surface area (Å²) in [5.41, 5.74) is 1.23. The molecule has 1 aliphatic rings. The number of para-hydroxylation sites is 1. The van der Waals surface area contributed by atoms with Gasteiger partial charge in [-0.1, -0.05) is 24.3 Å². The van der Waals surface area contributed by atoms with Gasteiger partial charge in [0.2, 0.25) is 0 Å². The summed E-state index contributed by atoms with van der Waals surface area (Å²) in [6, 6.07) is 18.2. The van der Waals surface area contributed by atoms with Gasteiger partial charge >= 0.3 is 0 Å². The average molecular weight is 447 g/mol. The zero-order valence-electron chi connectivity index (χ0n) is 16.2. The van der Waals surface area contributed by atoms with Crippen molar-refractivity contribution in [2.75, 3.05) is 43.6 Å². The minimum absolute atomic E-state index is 0.715. The molecule has 2 aromatic rings. The van der Waals surface area contributed by atoms with E-state index in [-0.39, 0.29) is 0 Å². The highest BCUT2D eigenvalue weighted by atomic mass is 32.2. The monoisotopic (exact) mass is 446 g/mol. The van der Waals surface area contributed by atoms with Gasteiger partial charge in [0.05, 0.1) is 12.5 Å². The minimum atomic E-state index is -3.67. The minimum Gasteiger partial charge on any atom is -0.457 e. The van der Waals surface area contributed by atoms with E-state index in [4.69, 9.17) is 13.8 Å². The van der Waals surface area contributed by atoms with Crippen LogP contribution in [-0.2, 0) is 20.2 Å². The van der Waals surface area contributed by atoms with Gasteiger partial charge in [-0.05, 0) is 24.3 Å². The molecule has 1 aliphatic heterocycles. The highest BCUT2D eigenvalue weighted by molar-refractivity contribution is 7.85. The number of piperazine rings is 1. The Morgan fingerprint density at radius 2 is 1.31 bits per heavy atom. The Bertz CT molecular complexity index is 897. The van der Waals surface area contributed by atoms with Crippen LogP contribution in [0.5, 0.6) is 11.5 Å². The topological polar surface area (TPSA) is 133 Å². The maximum Gasteiger partial charge on any atom is 0.261 e. The van der Waals surface area contributed by atoms with Crippen LogP contribution in [0.25, 0.3) is 0 Å². The molecular weight excluding hydrogens is 420 g/mol. The van der Waals surface area contributed by atoms with Gasteiger partial charge in [0.25, 0.3) is 20.2 Å². The van der Waals surface area contributed by atoms with Gasteiger partial charge < -0.3 is 15.0 Å². The van der Waals surface area contributed by atoms with E-state index in [1.165, 1.54) is 5.69 Å². The summed E-state index contributed by atoms with van der Waals surface area (Å²) in [5.74, 6) is 1.77. The van der Waals surface area contributed by atoms with Crippen LogP contribution >= 0.6 is 0 Å². The second-order valence-electron chi connectivity index (χ2n) is 6.12. The van der Waals surface area contributed by atoms with Gasteiger partial charge in [0.1, 0.15) is 11.5 Å². The standard InChI is InChI=1S/C16H18N2O.2CH4O3S/c1-2-6-15(7-3-1)19-16-8-4-5-14(13-16)18-11-9-17-10-12-18;2*1-5(2,3)4/h1-8,13,17H,9-12H2;2*1H3,(H,2,3,4). The van der Waals surface area contributed by atoms with Crippen molar-refractivity contribution in [1.29, 1.82) is 0 Å². The molecule has 0 spiro atoms. The van der Waals surface area contributed by atoms with E-state index in [9.17, 15) is 16.8 Å². The zero-order valence-corrected chi connectivity index (χ0v) is 17.9. The first-order valence-electron chi connectivity index (χ1n) is 8.55. The molecule has 0 amide bonds. The number of nitrogens with zero attached hydrogens (tertiary/aromatic N) is 1. The molecule has 0 bridgehead atoms. The molecule has 3 N–H and O–H groups in total. The number of hydrogen-bond donors (Lipinski definition) is 3. The molecule has 0 aliphatic carbocycles. The van der Waals surface area contributed by atoms with Crippen LogP contribution in [0.1, 0.15) is 0 Å². The smallest absolute Gasteiger partial charge is 0.261 e. The Morgan fingerprint density at radius 3 is 1.83 bits per heavy atom. The third-order valence-corrected chi connectivity index (χ3v) is 3.28. The molecule has 0 atom stereocenters. The van der Waals surface area contributed by atoms with Crippen molar-refractivity contribution in [3.63, 3.8) is 0 Å². The summed E-state index contributed by atoms with van der Waals surface area (Å²) >= 11 is 0. The lowest BCUT2D eigenvalue weighted by Gasteiger charge is -2.29. The van der Waals surface area contributed by atoms with E-state index in [1.54, 1.807) is 0 Å². The Morgan fingerprint density at radius 1 is 0.828 bits per heavy atom. The highest BCUT2D eigenvalue weighted by Gasteiger charge is 2.10. The molecular formula is C18H26N2O7S2. The fourth-order valence-corrected chi connectivity index (χ4v) is 2.29. The molecule has 2 aromatic carbocycles. The highest BCUT2D eigenvalue weighted by Crippen LogP contribution is 2.25. The van der Waals surface area contributed by atoms with Crippen LogP contribution in [0.3, 0.4) is 0 Å². The molecule has 3 rings (SSSR count). The molecule has 0 aromatic heterocycles. The summed E-state index contributed by atoms with van der Waals surface area (Å²) in [5, 5.41) is 3.37. The van der Waals surface area contributed by atoms with Crippen molar-refractivity contribution >= 4 is 25.9 Å². The average Bonchev–Trinajstić information content (AvgIpc) is 2.61. The van der Waals surface area contributed by atoms with E-state index in [2.05, 4.69) is 28.4 Å². The van der Waals surface area contributed by atoms with Gasteiger partial charge in [0.15, 0.2) is 0 Å². The predicted octanol–water partition coefficient (Wildman–Crippen LogP) is 1.90.